The number of ether oxygens (including phenoxy) is 2. The van der Waals surface area contributed by atoms with Gasteiger partial charge in [0, 0.05) is 45.4 Å². The Balaban J connectivity index is 1.34. The molecule has 0 saturated carbocycles. The molecule has 2 fully saturated rings. The number of benzene rings is 1. The minimum Gasteiger partial charge on any atom is -0.378 e. The SMILES string of the molecule is S=C(NC[C@H]1CCCO1)Nc1nc(N2CCOCC2)cc(N2CCc3ccccc3C2)n1. The number of hydrogen-bond acceptors (Lipinski definition) is 7. The van der Waals surface area contributed by atoms with Gasteiger partial charge in [0.15, 0.2) is 5.11 Å². The lowest BCUT2D eigenvalue weighted by atomic mass is 10.00. The average Bonchev–Trinajstić information content (AvgIpc) is 3.37. The topological polar surface area (TPSA) is 74.8 Å². The number of aromatic nitrogens is 2. The molecule has 2 N–H and O–H groups in total. The zero-order valence-electron chi connectivity index (χ0n) is 18.3. The van der Waals surface area contributed by atoms with E-state index in [4.69, 9.17) is 31.7 Å². The molecule has 3 aliphatic rings. The fourth-order valence-corrected chi connectivity index (χ4v) is 4.62. The van der Waals surface area contributed by atoms with Gasteiger partial charge >= 0.3 is 0 Å². The van der Waals surface area contributed by atoms with Crippen LogP contribution in [0, 0.1) is 0 Å². The molecule has 1 aromatic carbocycles. The highest BCUT2D eigenvalue weighted by Gasteiger charge is 2.22. The summed E-state index contributed by atoms with van der Waals surface area (Å²) in [5.74, 6) is 2.34. The van der Waals surface area contributed by atoms with E-state index in [0.717, 1.165) is 63.7 Å². The third-order valence-electron chi connectivity index (χ3n) is 6.23. The first-order chi connectivity index (χ1) is 15.7. The van der Waals surface area contributed by atoms with Crippen LogP contribution in [0.15, 0.2) is 30.3 Å². The number of nitrogens with one attached hydrogen (secondary N) is 2. The van der Waals surface area contributed by atoms with Gasteiger partial charge in [-0.2, -0.15) is 9.97 Å². The van der Waals surface area contributed by atoms with E-state index in [1.807, 2.05) is 0 Å². The largest absolute Gasteiger partial charge is 0.378 e. The van der Waals surface area contributed by atoms with Gasteiger partial charge in [0.1, 0.15) is 11.6 Å². The Morgan fingerprint density at radius 3 is 2.59 bits per heavy atom. The van der Waals surface area contributed by atoms with Crippen molar-refractivity contribution >= 4 is 34.9 Å². The van der Waals surface area contributed by atoms with Gasteiger partial charge in [-0.25, -0.2) is 0 Å². The van der Waals surface area contributed by atoms with Crippen molar-refractivity contribution in [3.63, 3.8) is 0 Å². The fourth-order valence-electron chi connectivity index (χ4n) is 4.44. The molecule has 2 saturated heterocycles. The van der Waals surface area contributed by atoms with Crippen LogP contribution in [-0.2, 0) is 22.4 Å². The molecule has 0 aliphatic carbocycles. The monoisotopic (exact) mass is 454 g/mol. The molecule has 8 nitrogen and oxygen atoms in total. The van der Waals surface area contributed by atoms with Crippen molar-refractivity contribution in [2.45, 2.75) is 31.9 Å². The van der Waals surface area contributed by atoms with Crippen molar-refractivity contribution in [3.05, 3.63) is 41.5 Å². The minimum absolute atomic E-state index is 0.222. The standard InChI is InChI=1S/C23H30N6O2S/c32-23(24-15-19-6-3-11-31-19)27-22-25-20(28-9-12-30-13-10-28)14-21(26-22)29-8-7-17-4-1-2-5-18(17)16-29/h1-2,4-5,14,19H,3,6-13,15-16H2,(H2,24,25,26,27,32)/t19-/m1/s1. The predicted molar refractivity (Wildman–Crippen MR) is 129 cm³/mol. The number of hydrogen-bond donors (Lipinski definition) is 2. The van der Waals surface area contributed by atoms with E-state index in [1.165, 1.54) is 11.1 Å². The van der Waals surface area contributed by atoms with Crippen LogP contribution in [0.4, 0.5) is 17.6 Å². The summed E-state index contributed by atoms with van der Waals surface area (Å²) in [6.07, 6.45) is 3.41. The molecule has 2 aromatic rings. The molecule has 1 aromatic heterocycles. The van der Waals surface area contributed by atoms with Crippen molar-refractivity contribution in [3.8, 4) is 0 Å². The molecule has 0 unspecified atom stereocenters. The summed E-state index contributed by atoms with van der Waals surface area (Å²) in [5, 5.41) is 6.98. The van der Waals surface area contributed by atoms with Crippen LogP contribution < -0.4 is 20.4 Å². The van der Waals surface area contributed by atoms with E-state index in [-0.39, 0.29) is 6.10 Å². The van der Waals surface area contributed by atoms with E-state index in [9.17, 15) is 0 Å². The Morgan fingerprint density at radius 2 is 1.81 bits per heavy atom. The maximum atomic E-state index is 5.67. The Bertz CT molecular complexity index is 946. The molecule has 5 rings (SSSR count). The lowest BCUT2D eigenvalue weighted by molar-refractivity contribution is 0.114. The molecule has 0 spiro atoms. The van der Waals surface area contributed by atoms with Crippen molar-refractivity contribution < 1.29 is 9.47 Å². The first kappa shape index (κ1) is 21.4. The van der Waals surface area contributed by atoms with E-state index in [1.54, 1.807) is 0 Å². The third-order valence-corrected chi connectivity index (χ3v) is 6.47. The predicted octanol–water partition coefficient (Wildman–Crippen LogP) is 2.34. The third kappa shape index (κ3) is 5.11. The number of rotatable bonds is 5. The second kappa shape index (κ2) is 9.97. The zero-order valence-corrected chi connectivity index (χ0v) is 19.1. The fraction of sp³-hybridized carbons (Fsp3) is 0.522. The maximum absolute atomic E-state index is 5.67. The highest BCUT2D eigenvalue weighted by Crippen LogP contribution is 2.27. The number of morpholine rings is 1. The van der Waals surface area contributed by atoms with Gasteiger partial charge in [-0.3, -0.25) is 0 Å². The minimum atomic E-state index is 0.222. The molecular formula is C23H30N6O2S. The summed E-state index contributed by atoms with van der Waals surface area (Å²) < 4.78 is 11.2. The second-order valence-corrected chi connectivity index (χ2v) is 8.83. The van der Waals surface area contributed by atoms with Gasteiger partial charge in [-0.05, 0) is 42.6 Å². The summed E-state index contributed by atoms with van der Waals surface area (Å²) in [7, 11) is 0. The smallest absolute Gasteiger partial charge is 0.232 e. The Hall–Kier alpha value is -2.49. The van der Waals surface area contributed by atoms with Crippen LogP contribution in [-0.4, -0.2) is 67.2 Å². The first-order valence-electron chi connectivity index (χ1n) is 11.4. The summed E-state index contributed by atoms with van der Waals surface area (Å²) in [5.41, 5.74) is 2.78. The lowest BCUT2D eigenvalue weighted by Crippen LogP contribution is -2.38. The molecule has 170 valence electrons. The molecule has 9 heteroatoms. The van der Waals surface area contributed by atoms with Gasteiger partial charge in [0.05, 0.1) is 19.3 Å². The van der Waals surface area contributed by atoms with E-state index in [2.05, 4.69) is 50.8 Å². The summed E-state index contributed by atoms with van der Waals surface area (Å²) >= 11 is 5.52. The van der Waals surface area contributed by atoms with E-state index >= 15 is 0 Å². The van der Waals surface area contributed by atoms with Crippen molar-refractivity contribution in [2.24, 2.45) is 0 Å². The van der Waals surface area contributed by atoms with Crippen LogP contribution in [0.5, 0.6) is 0 Å². The molecule has 3 aliphatic heterocycles. The number of nitrogens with zero attached hydrogens (tertiary/aromatic N) is 4. The number of anilines is 3. The zero-order chi connectivity index (χ0) is 21.8. The molecule has 0 bridgehead atoms. The van der Waals surface area contributed by atoms with Crippen molar-refractivity contribution in [1.29, 1.82) is 0 Å². The van der Waals surface area contributed by atoms with Crippen LogP contribution in [0.2, 0.25) is 0 Å². The van der Waals surface area contributed by atoms with Crippen LogP contribution >= 0.6 is 12.2 Å². The summed E-state index contributed by atoms with van der Waals surface area (Å²) in [6.45, 7) is 6.36. The molecule has 32 heavy (non-hydrogen) atoms. The normalized spacial score (nSPS) is 20.7. The van der Waals surface area contributed by atoms with Gasteiger partial charge in [-0.1, -0.05) is 24.3 Å². The quantitative estimate of drug-likeness (QED) is 0.662. The van der Waals surface area contributed by atoms with Gasteiger partial charge in [0.2, 0.25) is 5.95 Å². The average molecular weight is 455 g/mol. The van der Waals surface area contributed by atoms with E-state index in [0.29, 0.717) is 30.8 Å². The molecule has 0 amide bonds. The van der Waals surface area contributed by atoms with E-state index < -0.39 is 0 Å². The Kier molecular flexibility index (Phi) is 6.66. The maximum Gasteiger partial charge on any atom is 0.232 e. The molecular weight excluding hydrogens is 424 g/mol. The highest BCUT2D eigenvalue weighted by molar-refractivity contribution is 7.80. The first-order valence-corrected chi connectivity index (χ1v) is 11.9. The number of fused-ring (bicyclic) bond motifs is 1. The van der Waals surface area contributed by atoms with Crippen molar-refractivity contribution in [1.82, 2.24) is 15.3 Å². The van der Waals surface area contributed by atoms with Crippen LogP contribution in [0.25, 0.3) is 0 Å². The van der Waals surface area contributed by atoms with Crippen LogP contribution in [0.3, 0.4) is 0 Å². The molecule has 1 atom stereocenters. The highest BCUT2D eigenvalue weighted by atomic mass is 32.1. The van der Waals surface area contributed by atoms with Crippen molar-refractivity contribution in [2.75, 3.05) is 61.1 Å². The Labute approximate surface area is 194 Å². The summed E-state index contributed by atoms with van der Waals surface area (Å²) in [6, 6.07) is 10.7. The second-order valence-electron chi connectivity index (χ2n) is 8.42. The number of thiocarbonyl (C=S) groups is 1. The van der Waals surface area contributed by atoms with Crippen LogP contribution in [0.1, 0.15) is 24.0 Å². The van der Waals surface area contributed by atoms with Gasteiger partial charge in [0.25, 0.3) is 0 Å². The lowest BCUT2D eigenvalue weighted by Gasteiger charge is -2.32. The Morgan fingerprint density at radius 1 is 1.03 bits per heavy atom. The van der Waals surface area contributed by atoms with Gasteiger partial charge < -0.3 is 29.9 Å². The van der Waals surface area contributed by atoms with Gasteiger partial charge in [-0.15, -0.1) is 0 Å². The molecule has 0 radical (unpaired) electrons. The summed E-state index contributed by atoms with van der Waals surface area (Å²) in [4.78, 5) is 14.2. The molecule has 4 heterocycles.